The number of aliphatic carboxylic acids is 1. The van der Waals surface area contributed by atoms with Crippen molar-refractivity contribution in [2.75, 3.05) is 33.4 Å². The lowest BCUT2D eigenvalue weighted by Crippen LogP contribution is -2.75. The molecule has 2 unspecified atom stereocenters. The largest absolute Gasteiger partial charge is 0.496 e. The molecule has 2 aromatic rings. The maximum absolute atomic E-state index is 14.5. The van der Waals surface area contributed by atoms with Crippen LogP contribution in [0.1, 0.15) is 56.9 Å². The van der Waals surface area contributed by atoms with E-state index in [1.165, 1.54) is 6.92 Å². The molecule has 38 heavy (non-hydrogen) atoms. The van der Waals surface area contributed by atoms with Gasteiger partial charge in [-0.3, -0.25) is 9.59 Å². The summed E-state index contributed by atoms with van der Waals surface area (Å²) in [6.45, 7) is 9.97. The van der Waals surface area contributed by atoms with Crippen LogP contribution in [0.15, 0.2) is 42.5 Å². The number of carbonyl (C=O) groups excluding carboxylic acids is 2. The van der Waals surface area contributed by atoms with Crippen LogP contribution in [-0.4, -0.2) is 62.2 Å². The van der Waals surface area contributed by atoms with Crippen LogP contribution in [0.3, 0.4) is 0 Å². The van der Waals surface area contributed by atoms with E-state index in [4.69, 9.17) is 9.47 Å². The van der Waals surface area contributed by atoms with E-state index in [9.17, 15) is 19.5 Å². The highest BCUT2D eigenvalue weighted by Crippen LogP contribution is 2.49. The number of ketones is 1. The Bertz CT molecular complexity index is 1240. The molecule has 1 fully saturated rings. The van der Waals surface area contributed by atoms with Crippen LogP contribution in [-0.2, 0) is 19.1 Å². The quantitative estimate of drug-likeness (QED) is 0.436. The lowest BCUT2D eigenvalue weighted by atomic mass is 9.70. The summed E-state index contributed by atoms with van der Waals surface area (Å²) in [6, 6.07) is 12.6. The number of carbonyl (C=O) groups is 3. The van der Waals surface area contributed by atoms with E-state index in [0.29, 0.717) is 30.9 Å². The smallest absolute Gasteiger partial charge is 0.344 e. The number of fused-ring (bicyclic) bond motifs is 1. The maximum atomic E-state index is 14.5. The first-order valence-electron chi connectivity index (χ1n) is 13.1. The van der Waals surface area contributed by atoms with Crippen molar-refractivity contribution in [3.8, 4) is 5.75 Å². The molecule has 0 aliphatic carbocycles. The van der Waals surface area contributed by atoms with Gasteiger partial charge >= 0.3 is 11.9 Å². The van der Waals surface area contributed by atoms with Crippen molar-refractivity contribution in [2.24, 2.45) is 10.8 Å². The van der Waals surface area contributed by atoms with Crippen LogP contribution in [0, 0.1) is 17.8 Å². The molecule has 2 aliphatic rings. The van der Waals surface area contributed by atoms with E-state index in [-0.39, 0.29) is 29.0 Å². The minimum atomic E-state index is -1.77. The highest BCUT2D eigenvalue weighted by molar-refractivity contribution is 6.05. The van der Waals surface area contributed by atoms with Crippen LogP contribution in [0.5, 0.6) is 5.75 Å². The Hall–Kier alpha value is -3.07. The van der Waals surface area contributed by atoms with Gasteiger partial charge in [-0.05, 0) is 26.0 Å². The zero-order valence-electron chi connectivity index (χ0n) is 23.2. The number of benzene rings is 2. The fourth-order valence-corrected chi connectivity index (χ4v) is 6.47. The van der Waals surface area contributed by atoms with Gasteiger partial charge < -0.3 is 19.9 Å². The van der Waals surface area contributed by atoms with Crippen LogP contribution in [0.25, 0.3) is 0 Å². The van der Waals surface area contributed by atoms with Gasteiger partial charge in [-0.15, -0.1) is 0 Å². The Labute approximate surface area is 224 Å². The normalized spacial score (nSPS) is 27.8. The van der Waals surface area contributed by atoms with Gasteiger partial charge in [0, 0.05) is 42.1 Å². The van der Waals surface area contributed by atoms with Crippen molar-refractivity contribution in [3.63, 3.8) is 0 Å². The number of Topliss-reactive ketones (excluding diaryl/α,β-unsaturated/α-hetero) is 1. The number of carboxylic acid groups (broad SMARTS) is 1. The summed E-state index contributed by atoms with van der Waals surface area (Å²) in [5, 5.41) is 13.7. The molecular weight excluding hydrogens is 484 g/mol. The number of nitrogens with one attached hydrogen (secondary N) is 1. The third-order valence-electron chi connectivity index (χ3n) is 7.97. The molecule has 0 saturated carbocycles. The molecule has 8 nitrogen and oxygen atoms in total. The Kier molecular flexibility index (Phi) is 7.54. The van der Waals surface area contributed by atoms with Crippen LogP contribution < -0.4 is 14.5 Å². The predicted molar refractivity (Wildman–Crippen MR) is 145 cm³/mol. The minimum Gasteiger partial charge on any atom is -0.496 e. The van der Waals surface area contributed by atoms with E-state index in [0.717, 1.165) is 16.7 Å². The molecule has 2 heterocycles. The number of carboxylic acids is 1. The fourth-order valence-electron chi connectivity index (χ4n) is 6.47. The van der Waals surface area contributed by atoms with Crippen molar-refractivity contribution >= 4 is 23.3 Å². The zero-order valence-corrected chi connectivity index (χ0v) is 23.2. The third kappa shape index (κ3) is 4.55. The van der Waals surface area contributed by atoms with Crippen molar-refractivity contribution < 1.29 is 29.0 Å². The fraction of sp³-hybridized carbons (Fsp3) is 0.500. The first kappa shape index (κ1) is 28.0. The summed E-state index contributed by atoms with van der Waals surface area (Å²) in [4.78, 5) is 40.8. The molecule has 8 heteroatoms. The number of hydrogen-bond acceptors (Lipinski definition) is 6. The standard InChI is InChI=1S/C30H38N2O6/c1-19-11-12-23-22(15-19)27(21-9-7-8-10-24(21)37-6)38-16-26(34)32(23,18-29(3,4)5)25-13-14-31-17-30(25,20(2)33)28(35)36/h7-12,15,25,27,31H,13-14,16-18H2,1-6H3/p+1/t25-,27?,30+,32?/m1/s1. The molecule has 204 valence electrons. The maximum Gasteiger partial charge on any atom is 0.344 e. The number of piperidine rings is 1. The van der Waals surface area contributed by atoms with Gasteiger partial charge in [0.15, 0.2) is 17.8 Å². The first-order chi connectivity index (χ1) is 17.9. The Morgan fingerprint density at radius 2 is 1.89 bits per heavy atom. The molecule has 0 radical (unpaired) electrons. The summed E-state index contributed by atoms with van der Waals surface area (Å²) in [6.07, 6.45) is -0.261. The molecule has 2 N–H and O–H groups in total. The van der Waals surface area contributed by atoms with Crippen LogP contribution in [0.2, 0.25) is 0 Å². The number of rotatable bonds is 6. The zero-order chi connectivity index (χ0) is 27.9. The highest BCUT2D eigenvalue weighted by Gasteiger charge is 2.65. The van der Waals surface area contributed by atoms with Gasteiger partial charge in [0.05, 0.1) is 13.7 Å². The molecule has 1 amide bonds. The minimum absolute atomic E-state index is 0.0300. The molecule has 2 aromatic carbocycles. The van der Waals surface area contributed by atoms with Gasteiger partial charge in [-0.2, -0.15) is 0 Å². The lowest BCUT2D eigenvalue weighted by molar-refractivity contribution is -0.164. The molecule has 0 spiro atoms. The second-order valence-electron chi connectivity index (χ2n) is 11.8. The molecule has 0 bridgehead atoms. The molecule has 1 saturated heterocycles. The monoisotopic (exact) mass is 523 g/mol. The van der Waals surface area contributed by atoms with Crippen molar-refractivity contribution in [1.29, 1.82) is 0 Å². The molecular formula is C30H39N2O6+. The number of methoxy groups -OCH3 is 1. The SMILES string of the molecule is COc1ccccc1C1OCC(=O)[N+](CC(C)(C)C)([C@@H]2CCNC[C@@]2(C(C)=O)C(=O)O)c2ccc(C)cc21. The summed E-state index contributed by atoms with van der Waals surface area (Å²) in [5.41, 5.74) is 1.08. The average Bonchev–Trinajstić information content (AvgIpc) is 2.97. The van der Waals surface area contributed by atoms with Gasteiger partial charge in [-0.25, -0.2) is 9.28 Å². The lowest BCUT2D eigenvalue weighted by Gasteiger charge is -2.51. The molecule has 4 atom stereocenters. The van der Waals surface area contributed by atoms with E-state index in [2.05, 4.69) is 5.32 Å². The summed E-state index contributed by atoms with van der Waals surface area (Å²) in [7, 11) is 1.60. The Morgan fingerprint density at radius 3 is 2.53 bits per heavy atom. The van der Waals surface area contributed by atoms with Gasteiger partial charge in [0.25, 0.3) is 0 Å². The third-order valence-corrected chi connectivity index (χ3v) is 7.97. The topological polar surface area (TPSA) is 102 Å². The van der Waals surface area contributed by atoms with Crippen molar-refractivity contribution in [2.45, 2.75) is 53.2 Å². The van der Waals surface area contributed by atoms with Crippen molar-refractivity contribution in [3.05, 3.63) is 59.2 Å². The molecule has 4 rings (SSSR count). The Balaban J connectivity index is 2.09. The Morgan fingerprint density at radius 1 is 1.18 bits per heavy atom. The number of quaternary nitrogens is 1. The number of aryl methyl sites for hydroxylation is 1. The van der Waals surface area contributed by atoms with Gasteiger partial charge in [-0.1, -0.05) is 50.6 Å². The second kappa shape index (κ2) is 10.2. The number of hydrogen-bond donors (Lipinski definition) is 2. The second-order valence-corrected chi connectivity index (χ2v) is 11.8. The van der Waals surface area contributed by atoms with Gasteiger partial charge in [0.1, 0.15) is 23.6 Å². The average molecular weight is 524 g/mol. The summed E-state index contributed by atoms with van der Waals surface area (Å²) < 4.78 is 11.8. The van der Waals surface area contributed by atoms with E-state index in [1.54, 1.807) is 7.11 Å². The number of para-hydroxylation sites is 1. The first-order valence-corrected chi connectivity index (χ1v) is 13.1. The van der Waals surface area contributed by atoms with E-state index >= 15 is 0 Å². The summed E-state index contributed by atoms with van der Waals surface area (Å²) >= 11 is 0. The molecule has 2 aliphatic heterocycles. The van der Waals surface area contributed by atoms with Crippen molar-refractivity contribution in [1.82, 2.24) is 9.80 Å². The molecule has 0 aromatic heterocycles. The summed E-state index contributed by atoms with van der Waals surface area (Å²) in [5.74, 6) is -1.28. The van der Waals surface area contributed by atoms with E-state index in [1.807, 2.05) is 70.2 Å². The number of ether oxygens (including phenoxy) is 2. The van der Waals surface area contributed by atoms with Gasteiger partial charge in [0.2, 0.25) is 0 Å². The predicted octanol–water partition coefficient (Wildman–Crippen LogP) is 4.03. The number of nitrogens with zero attached hydrogens (tertiary/aromatic N) is 1. The van der Waals surface area contributed by atoms with Crippen LogP contribution >= 0.6 is 0 Å². The van der Waals surface area contributed by atoms with E-state index < -0.39 is 29.3 Å². The number of amides is 1. The van der Waals surface area contributed by atoms with Crippen LogP contribution in [0.4, 0.5) is 5.69 Å². The highest BCUT2D eigenvalue weighted by atomic mass is 16.5.